The van der Waals surface area contributed by atoms with Crippen LogP contribution in [0.15, 0.2) is 29.2 Å². The fourth-order valence-electron chi connectivity index (χ4n) is 1.94. The molecule has 96 valence electrons. The van der Waals surface area contributed by atoms with Gasteiger partial charge in [0.1, 0.15) is 11.6 Å². The lowest BCUT2D eigenvalue weighted by molar-refractivity contribution is 0.823. The highest BCUT2D eigenvalue weighted by Crippen LogP contribution is 2.24. The first-order valence-corrected chi connectivity index (χ1v) is 6.13. The maximum absolute atomic E-state index is 11.5. The van der Waals surface area contributed by atoms with Crippen molar-refractivity contribution in [1.82, 2.24) is 9.97 Å². The Bertz CT molecular complexity index is 708. The minimum atomic E-state index is -0.345. The molecular formula is C15H15N3O. The molecular weight excluding hydrogens is 238 g/mol. The van der Waals surface area contributed by atoms with E-state index in [1.54, 1.807) is 12.3 Å². The summed E-state index contributed by atoms with van der Waals surface area (Å²) in [5, 5.41) is 8.94. The molecule has 2 rings (SSSR count). The highest BCUT2D eigenvalue weighted by molar-refractivity contribution is 5.67. The zero-order chi connectivity index (χ0) is 14.0. The maximum atomic E-state index is 11.5. The summed E-state index contributed by atoms with van der Waals surface area (Å²) in [7, 11) is 0. The average Bonchev–Trinajstić information content (AvgIpc) is 2.39. The highest BCUT2D eigenvalue weighted by atomic mass is 16.1. The standard InChI is InChI=1S/C15H15N3O/c1-9(2)14-7-11(4-5-17-14)13-6-12(8-16)15(19)18-10(13)3/h4-7,9H,1-3H3,(H,18,19). The molecule has 0 fully saturated rings. The molecule has 0 aromatic carbocycles. The van der Waals surface area contributed by atoms with E-state index in [4.69, 9.17) is 5.26 Å². The molecule has 0 amide bonds. The largest absolute Gasteiger partial charge is 0.325 e. The van der Waals surface area contributed by atoms with Crippen molar-refractivity contribution < 1.29 is 0 Å². The number of nitrogens with one attached hydrogen (secondary N) is 1. The van der Waals surface area contributed by atoms with Crippen molar-refractivity contribution in [2.75, 3.05) is 0 Å². The third-order valence-electron chi connectivity index (χ3n) is 3.04. The highest BCUT2D eigenvalue weighted by Gasteiger charge is 2.09. The number of aromatic nitrogens is 2. The Hall–Kier alpha value is -2.41. The molecule has 0 atom stereocenters. The molecule has 0 saturated heterocycles. The smallest absolute Gasteiger partial charge is 0.266 e. The van der Waals surface area contributed by atoms with E-state index in [2.05, 4.69) is 23.8 Å². The van der Waals surface area contributed by atoms with Crippen molar-refractivity contribution in [3.05, 3.63) is 51.7 Å². The van der Waals surface area contributed by atoms with Gasteiger partial charge in [0.05, 0.1) is 0 Å². The number of hydrogen-bond donors (Lipinski definition) is 1. The number of hydrogen-bond acceptors (Lipinski definition) is 3. The zero-order valence-corrected chi connectivity index (χ0v) is 11.2. The second-order valence-electron chi connectivity index (χ2n) is 4.79. The van der Waals surface area contributed by atoms with Crippen molar-refractivity contribution in [3.8, 4) is 17.2 Å². The number of nitrogens with zero attached hydrogens (tertiary/aromatic N) is 2. The van der Waals surface area contributed by atoms with E-state index in [1.807, 2.05) is 25.1 Å². The van der Waals surface area contributed by atoms with Gasteiger partial charge >= 0.3 is 0 Å². The first-order chi connectivity index (χ1) is 9.02. The average molecular weight is 253 g/mol. The van der Waals surface area contributed by atoms with Gasteiger partial charge in [0, 0.05) is 23.1 Å². The van der Waals surface area contributed by atoms with Gasteiger partial charge in [-0.25, -0.2) is 0 Å². The number of pyridine rings is 2. The first kappa shape index (κ1) is 13.0. The summed E-state index contributed by atoms with van der Waals surface area (Å²) >= 11 is 0. The second kappa shape index (κ2) is 5.07. The van der Waals surface area contributed by atoms with Crippen molar-refractivity contribution in [3.63, 3.8) is 0 Å². The second-order valence-corrected chi connectivity index (χ2v) is 4.79. The van der Waals surface area contributed by atoms with E-state index in [-0.39, 0.29) is 11.1 Å². The molecule has 0 bridgehead atoms. The number of rotatable bonds is 2. The Kier molecular flexibility index (Phi) is 3.48. The zero-order valence-electron chi connectivity index (χ0n) is 11.2. The molecule has 0 aliphatic heterocycles. The van der Waals surface area contributed by atoms with Crippen LogP contribution in [0.2, 0.25) is 0 Å². The summed E-state index contributed by atoms with van der Waals surface area (Å²) in [5.74, 6) is 0.332. The molecule has 0 radical (unpaired) electrons. The molecule has 0 unspecified atom stereocenters. The van der Waals surface area contributed by atoms with Gasteiger partial charge < -0.3 is 4.98 Å². The van der Waals surface area contributed by atoms with Crippen LogP contribution in [-0.2, 0) is 0 Å². The molecule has 2 aromatic rings. The molecule has 19 heavy (non-hydrogen) atoms. The SMILES string of the molecule is Cc1[nH]c(=O)c(C#N)cc1-c1ccnc(C(C)C)c1. The van der Waals surface area contributed by atoms with Crippen LogP contribution >= 0.6 is 0 Å². The number of H-pyrrole nitrogens is 1. The lowest BCUT2D eigenvalue weighted by Crippen LogP contribution is -2.12. The van der Waals surface area contributed by atoms with Gasteiger partial charge in [-0.15, -0.1) is 0 Å². The van der Waals surface area contributed by atoms with Crippen molar-refractivity contribution in [1.29, 1.82) is 5.26 Å². The summed E-state index contributed by atoms with van der Waals surface area (Å²) in [6.45, 7) is 5.98. The Morgan fingerprint density at radius 3 is 2.74 bits per heavy atom. The van der Waals surface area contributed by atoms with Gasteiger partial charge in [-0.1, -0.05) is 13.8 Å². The third-order valence-corrected chi connectivity index (χ3v) is 3.04. The van der Waals surface area contributed by atoms with Crippen LogP contribution in [0.4, 0.5) is 0 Å². The Balaban J connectivity index is 2.62. The number of aromatic amines is 1. The van der Waals surface area contributed by atoms with Crippen LogP contribution < -0.4 is 5.56 Å². The third kappa shape index (κ3) is 2.55. The minimum Gasteiger partial charge on any atom is -0.325 e. The molecule has 4 heteroatoms. The van der Waals surface area contributed by atoms with E-state index >= 15 is 0 Å². The van der Waals surface area contributed by atoms with Gasteiger partial charge in [-0.2, -0.15) is 5.26 Å². The number of aryl methyl sites for hydroxylation is 1. The van der Waals surface area contributed by atoms with Crippen LogP contribution in [0.1, 0.15) is 36.7 Å². The normalized spacial score (nSPS) is 10.5. The summed E-state index contributed by atoms with van der Waals surface area (Å²) in [5.41, 5.74) is 3.35. The van der Waals surface area contributed by atoms with Crippen LogP contribution in [-0.4, -0.2) is 9.97 Å². The predicted molar refractivity (Wildman–Crippen MR) is 73.8 cm³/mol. The monoisotopic (exact) mass is 253 g/mol. The summed E-state index contributed by atoms with van der Waals surface area (Å²) in [6, 6.07) is 7.42. The van der Waals surface area contributed by atoms with Gasteiger partial charge in [0.15, 0.2) is 0 Å². The van der Waals surface area contributed by atoms with Crippen molar-refractivity contribution >= 4 is 0 Å². The van der Waals surface area contributed by atoms with Crippen LogP contribution in [0, 0.1) is 18.3 Å². The lowest BCUT2D eigenvalue weighted by Gasteiger charge is -2.09. The van der Waals surface area contributed by atoms with Crippen LogP contribution in [0.5, 0.6) is 0 Å². The Morgan fingerprint density at radius 1 is 1.37 bits per heavy atom. The van der Waals surface area contributed by atoms with E-state index < -0.39 is 0 Å². The molecule has 2 aromatic heterocycles. The predicted octanol–water partition coefficient (Wildman–Crippen LogP) is 2.74. The molecule has 2 heterocycles. The molecule has 0 spiro atoms. The first-order valence-electron chi connectivity index (χ1n) is 6.13. The lowest BCUT2D eigenvalue weighted by atomic mass is 10.0. The van der Waals surface area contributed by atoms with E-state index in [9.17, 15) is 4.79 Å². The Labute approximate surface area is 111 Å². The molecule has 0 aliphatic rings. The van der Waals surface area contributed by atoms with E-state index in [0.717, 1.165) is 22.5 Å². The van der Waals surface area contributed by atoms with Crippen molar-refractivity contribution in [2.45, 2.75) is 26.7 Å². The fourth-order valence-corrected chi connectivity index (χ4v) is 1.94. The number of nitriles is 1. The summed E-state index contributed by atoms with van der Waals surface area (Å²) in [4.78, 5) is 18.6. The van der Waals surface area contributed by atoms with Crippen LogP contribution in [0.25, 0.3) is 11.1 Å². The summed E-state index contributed by atoms with van der Waals surface area (Å²) < 4.78 is 0. The van der Waals surface area contributed by atoms with E-state index in [0.29, 0.717) is 5.92 Å². The van der Waals surface area contributed by atoms with Gasteiger partial charge in [-0.3, -0.25) is 9.78 Å². The Morgan fingerprint density at radius 2 is 2.11 bits per heavy atom. The maximum Gasteiger partial charge on any atom is 0.266 e. The minimum absolute atomic E-state index is 0.128. The van der Waals surface area contributed by atoms with E-state index in [1.165, 1.54) is 0 Å². The molecule has 0 saturated carbocycles. The summed E-state index contributed by atoms with van der Waals surface area (Å²) in [6.07, 6.45) is 1.75. The molecule has 4 nitrogen and oxygen atoms in total. The topological polar surface area (TPSA) is 69.5 Å². The van der Waals surface area contributed by atoms with Crippen molar-refractivity contribution in [2.24, 2.45) is 0 Å². The van der Waals surface area contributed by atoms with Gasteiger partial charge in [-0.05, 0) is 36.6 Å². The fraction of sp³-hybridized carbons (Fsp3) is 0.267. The van der Waals surface area contributed by atoms with Gasteiger partial charge in [0.25, 0.3) is 5.56 Å². The molecule has 0 aliphatic carbocycles. The molecule has 1 N–H and O–H groups in total. The van der Waals surface area contributed by atoms with Gasteiger partial charge in [0.2, 0.25) is 0 Å². The van der Waals surface area contributed by atoms with Crippen LogP contribution in [0.3, 0.4) is 0 Å². The quantitative estimate of drug-likeness (QED) is 0.894.